The van der Waals surface area contributed by atoms with Crippen LogP contribution in [-0.2, 0) is 38.9 Å². The second kappa shape index (κ2) is 29.1. The van der Waals surface area contributed by atoms with E-state index in [1.165, 1.54) is 42.3 Å². The lowest BCUT2D eigenvalue weighted by molar-refractivity contribution is -0.138. The smallest absolute Gasteiger partial charge is 0.321 e. The van der Waals surface area contributed by atoms with Crippen LogP contribution in [0.15, 0.2) is 108 Å². The van der Waals surface area contributed by atoms with Crippen molar-refractivity contribution in [1.29, 1.82) is 0 Å². The molecule has 9 aromatic rings. The zero-order chi connectivity index (χ0) is 60.9. The molecule has 27 nitrogen and oxygen atoms in total. The van der Waals surface area contributed by atoms with Gasteiger partial charge in [0.2, 0.25) is 5.82 Å². The first kappa shape index (κ1) is 69.0. The van der Waals surface area contributed by atoms with Crippen LogP contribution in [0.3, 0.4) is 0 Å². The molecule has 9 rings (SSSR count). The van der Waals surface area contributed by atoms with Crippen LogP contribution in [0.5, 0.6) is 0 Å². The van der Waals surface area contributed by atoms with E-state index in [-0.39, 0.29) is 48.0 Å². The Bertz CT molecular complexity index is 3770. The summed E-state index contributed by atoms with van der Waals surface area (Å²) in [6.07, 6.45) is 13.3. The zero-order valence-corrected chi connectivity index (χ0v) is 48.2. The molecular formula is C48H59F8IN24O3. The number of ketones is 1. The van der Waals surface area contributed by atoms with Gasteiger partial charge in [0.25, 0.3) is 0 Å². The molecule has 0 fully saturated rings. The van der Waals surface area contributed by atoms with Gasteiger partial charge in [-0.1, -0.05) is 7.43 Å². The number of nitrogens with zero attached hydrogens (tertiary/aromatic N) is 20. The Kier molecular flexibility index (Phi) is 24.0. The van der Waals surface area contributed by atoms with Gasteiger partial charge in [-0.05, 0) is 48.5 Å². The minimum atomic E-state index is -3.58. The van der Waals surface area contributed by atoms with Crippen molar-refractivity contribution in [2.45, 2.75) is 65.7 Å². The second-order valence-electron chi connectivity index (χ2n) is 17.5. The minimum absolute atomic E-state index is 0. The van der Waals surface area contributed by atoms with Crippen LogP contribution in [-0.4, -0.2) is 138 Å². The largest absolute Gasteiger partial charge is 0.324 e. The topological polar surface area (TPSA) is 314 Å². The number of nitrogens with two attached hydrogens (primary N) is 1. The standard InChI is InChI=1S/C12H14F2N6O.C11H12F2N6O.C11H10F2N6.C9H12N6.C4H6F2O.CH4.HI/c1-12(13,14)11(21)20-10(17-15-2)5-4-9(18-20)8-6-16-19(3)7-8;1-11(12,13)10(20)19-9(16-14)4-3-8(17-19)7-5-15-18(2)6-7;1-11(12,13)10-16-15-9-4-3-8(17-19(9)10)7-5-14-18(2)6-7;1-10-13-9-4-3-8(12-14-9)7-5-11-15(2)6-7;1-3(7)4(2,5)6;;/h4-7,15H,1-3H3;3-6H,14H2,1-2H3;3-6H,1-2H3;3-6,10H,1-2H3,(H,13,14);1-2H3;1H4;1H/b17-10+;16-9+;;;;;. The van der Waals surface area contributed by atoms with Gasteiger partial charge in [-0.25, -0.2) is 5.43 Å². The summed E-state index contributed by atoms with van der Waals surface area (Å²) in [7, 11) is 10.3. The predicted octanol–water partition coefficient (Wildman–Crippen LogP) is 5.51. The number of rotatable bonds is 11. The number of carbonyl (C=O) groups is 3. The predicted molar refractivity (Wildman–Crippen MR) is 299 cm³/mol. The highest BCUT2D eigenvalue weighted by Crippen LogP contribution is 2.26. The molecule has 0 bridgehead atoms. The van der Waals surface area contributed by atoms with Crippen LogP contribution in [0.2, 0.25) is 0 Å². The molecule has 0 aliphatic heterocycles. The van der Waals surface area contributed by atoms with Crippen molar-refractivity contribution in [1.82, 2.24) is 99.5 Å². The van der Waals surface area contributed by atoms with Gasteiger partial charge in [-0.3, -0.25) is 33.1 Å². The maximum absolute atomic E-state index is 13.4. The number of halogens is 9. The quantitative estimate of drug-likeness (QED) is 0.0537. The Morgan fingerprint density at radius 2 is 0.929 bits per heavy atom. The van der Waals surface area contributed by atoms with Gasteiger partial charge in [-0.15, -0.1) is 44.4 Å². The van der Waals surface area contributed by atoms with Gasteiger partial charge in [0.05, 0.1) is 47.6 Å². The highest BCUT2D eigenvalue weighted by molar-refractivity contribution is 14.0. The van der Waals surface area contributed by atoms with E-state index in [0.29, 0.717) is 64.2 Å². The van der Waals surface area contributed by atoms with Crippen molar-refractivity contribution in [2.75, 3.05) is 19.5 Å². The first-order chi connectivity index (χ1) is 38.3. The molecule has 0 spiro atoms. The van der Waals surface area contributed by atoms with Crippen molar-refractivity contribution >= 4 is 53.0 Å². The summed E-state index contributed by atoms with van der Waals surface area (Å²) < 4.78 is 111. The van der Waals surface area contributed by atoms with Crippen molar-refractivity contribution in [3.8, 4) is 45.0 Å². The molecule has 0 radical (unpaired) electrons. The van der Waals surface area contributed by atoms with E-state index in [2.05, 4.69) is 82.6 Å². The number of Topliss-reactive ketones (excluding diaryl/α,β-unsaturated/α-hetero) is 1. The third-order valence-corrected chi connectivity index (χ3v) is 10.3. The number of hydrogen-bond donors (Lipinski definition) is 4. The van der Waals surface area contributed by atoms with Crippen LogP contribution >= 0.6 is 24.0 Å². The molecule has 9 heterocycles. The molecule has 0 amide bonds. The lowest BCUT2D eigenvalue weighted by Gasteiger charge is -2.11. The fourth-order valence-corrected chi connectivity index (χ4v) is 6.22. The highest BCUT2D eigenvalue weighted by Gasteiger charge is 2.36. The summed E-state index contributed by atoms with van der Waals surface area (Å²) in [5.41, 5.74) is 13.1. The summed E-state index contributed by atoms with van der Waals surface area (Å²) in [5, 5.41) is 50.2. The average molecular weight is 1300 g/mol. The average Bonchev–Trinajstić information content (AvgIpc) is 4.49. The normalized spacial score (nSPS) is 11.7. The number of anilines is 1. The molecule has 36 heteroatoms. The first-order valence-corrected chi connectivity index (χ1v) is 23.6. The van der Waals surface area contributed by atoms with Gasteiger partial charge >= 0.3 is 35.5 Å². The SMILES string of the molecule is C.CC(=O)C(C)(F)F.CN/N=c1\ccc(-c2cnn(C)c2)nn1C(=O)C(C)(F)F.CNNc1ccc(-c2cnn(C)c2)nn1.Cn1cc(-c2cc/c(=N\N)n(C(=O)C(C)(F)F)n2)cn1.Cn1cc(-c2ccc3nnc(C(C)(F)F)n3n2)cn1.I. The van der Waals surface area contributed by atoms with E-state index >= 15 is 0 Å². The lowest BCUT2D eigenvalue weighted by atomic mass is 10.2. The maximum Gasteiger partial charge on any atom is 0.324 e. The van der Waals surface area contributed by atoms with Gasteiger partial charge in [0.1, 0.15) is 0 Å². The summed E-state index contributed by atoms with van der Waals surface area (Å²) in [6.45, 7) is 3.21. The summed E-state index contributed by atoms with van der Waals surface area (Å²) in [4.78, 5) is 33.2. The molecule has 0 unspecified atom stereocenters. The van der Waals surface area contributed by atoms with Gasteiger partial charge in [0.15, 0.2) is 28.2 Å². The summed E-state index contributed by atoms with van der Waals surface area (Å²) in [6, 6.07) is 12.9. The lowest BCUT2D eigenvalue weighted by Crippen LogP contribution is -2.40. The number of alkyl halides is 8. The summed E-state index contributed by atoms with van der Waals surface area (Å²) >= 11 is 0. The fraction of sp³-hybridized carbons (Fsp3) is 0.333. The van der Waals surface area contributed by atoms with Crippen molar-refractivity contribution in [2.24, 2.45) is 44.2 Å². The zero-order valence-electron chi connectivity index (χ0n) is 45.9. The molecule has 0 atom stereocenters. The van der Waals surface area contributed by atoms with Crippen LogP contribution in [0.1, 0.15) is 57.5 Å². The molecule has 0 aliphatic carbocycles. The first-order valence-electron chi connectivity index (χ1n) is 23.6. The van der Waals surface area contributed by atoms with E-state index in [4.69, 9.17) is 5.84 Å². The number of nitrogens with one attached hydrogen (secondary N) is 3. The molecule has 9 aromatic heterocycles. The van der Waals surface area contributed by atoms with Crippen LogP contribution in [0.4, 0.5) is 40.9 Å². The number of fused-ring (bicyclic) bond motifs is 1. The van der Waals surface area contributed by atoms with Crippen molar-refractivity contribution in [3.63, 3.8) is 0 Å². The maximum atomic E-state index is 13.4. The van der Waals surface area contributed by atoms with E-state index in [1.807, 2.05) is 25.4 Å². The number of aromatic nitrogens is 18. The van der Waals surface area contributed by atoms with Crippen LogP contribution in [0.25, 0.3) is 50.7 Å². The Morgan fingerprint density at radius 1 is 0.536 bits per heavy atom. The Balaban J connectivity index is 0.000000282. The number of hydrazine groups is 1. The molecule has 0 saturated carbocycles. The van der Waals surface area contributed by atoms with Crippen molar-refractivity contribution in [3.05, 3.63) is 115 Å². The number of aryl methyl sites for hydroxylation is 4. The van der Waals surface area contributed by atoms with Gasteiger partial charge in [0, 0.05) is 124 Å². The second-order valence-corrected chi connectivity index (χ2v) is 17.5. The number of hydrogen-bond acceptors (Lipinski definition) is 20. The Hall–Kier alpha value is -9.23. The molecule has 5 N–H and O–H groups in total. The van der Waals surface area contributed by atoms with Gasteiger partial charge < -0.3 is 16.7 Å². The minimum Gasteiger partial charge on any atom is -0.321 e. The van der Waals surface area contributed by atoms with Gasteiger partial charge in [-0.2, -0.15) is 94.9 Å². The van der Waals surface area contributed by atoms with E-state index in [0.717, 1.165) is 35.2 Å². The number of carbonyl (C=O) groups excluding carboxylic acids is 3. The van der Waals surface area contributed by atoms with E-state index in [1.54, 1.807) is 91.4 Å². The fourth-order valence-electron chi connectivity index (χ4n) is 6.22. The third kappa shape index (κ3) is 18.9. The molecular weight excluding hydrogens is 1240 g/mol. The Labute approximate surface area is 489 Å². The molecule has 452 valence electrons. The Morgan fingerprint density at radius 3 is 1.27 bits per heavy atom. The van der Waals surface area contributed by atoms with Crippen molar-refractivity contribution < 1.29 is 49.5 Å². The van der Waals surface area contributed by atoms with E-state index in [9.17, 15) is 49.5 Å². The van der Waals surface area contributed by atoms with E-state index < -0.39 is 47.1 Å². The van der Waals surface area contributed by atoms with Crippen LogP contribution < -0.4 is 33.1 Å². The highest BCUT2D eigenvalue weighted by atomic mass is 127. The molecule has 0 saturated heterocycles. The summed E-state index contributed by atoms with van der Waals surface area (Å²) in [5.74, 6) is -12.1. The molecule has 84 heavy (non-hydrogen) atoms. The molecule has 0 aromatic carbocycles. The van der Waals surface area contributed by atoms with Crippen LogP contribution in [0, 0.1) is 0 Å². The third-order valence-electron chi connectivity index (χ3n) is 10.3. The monoisotopic (exact) mass is 1300 g/mol. The molecule has 0 aliphatic rings.